The van der Waals surface area contributed by atoms with Crippen LogP contribution in [0.1, 0.15) is 10.4 Å². The van der Waals surface area contributed by atoms with Crippen molar-refractivity contribution in [1.29, 1.82) is 0 Å². The molecule has 160 valence electrons. The highest BCUT2D eigenvalue weighted by atomic mass is 35.5. The van der Waals surface area contributed by atoms with Crippen LogP contribution in [-0.4, -0.2) is 31.1 Å². The second-order valence-corrected chi connectivity index (χ2v) is 6.79. The summed E-state index contributed by atoms with van der Waals surface area (Å²) >= 11 is 5.95. The fourth-order valence-corrected chi connectivity index (χ4v) is 2.81. The largest absolute Gasteiger partial charge is 0.457 e. The molecule has 3 aromatic rings. The number of hydrogen-bond acceptors (Lipinski definition) is 6. The van der Waals surface area contributed by atoms with Gasteiger partial charge in [-0.25, -0.2) is 0 Å². The van der Waals surface area contributed by atoms with Crippen LogP contribution in [0.25, 0.3) is 0 Å². The Labute approximate surface area is 183 Å². The van der Waals surface area contributed by atoms with Gasteiger partial charge in [0.2, 0.25) is 0 Å². The van der Waals surface area contributed by atoms with Gasteiger partial charge in [0.15, 0.2) is 0 Å². The second kappa shape index (κ2) is 10.4. The number of hydrogen-bond donors (Lipinski definition) is 1. The van der Waals surface area contributed by atoms with E-state index in [1.165, 1.54) is 18.2 Å². The van der Waals surface area contributed by atoms with E-state index in [0.29, 0.717) is 35.2 Å². The van der Waals surface area contributed by atoms with Crippen molar-refractivity contribution < 1.29 is 23.9 Å². The minimum atomic E-state index is -0.537. The third-order valence-electron chi connectivity index (χ3n) is 4.05. The fraction of sp³-hybridized carbons (Fsp3) is 0.136. The van der Waals surface area contributed by atoms with Crippen molar-refractivity contribution in [3.63, 3.8) is 0 Å². The lowest BCUT2D eigenvalue weighted by atomic mass is 10.2. The minimum Gasteiger partial charge on any atom is -0.457 e. The van der Waals surface area contributed by atoms with Crippen molar-refractivity contribution in [2.24, 2.45) is 0 Å². The van der Waals surface area contributed by atoms with Crippen LogP contribution in [0.4, 0.5) is 5.69 Å². The molecule has 0 radical (unpaired) electrons. The van der Waals surface area contributed by atoms with Gasteiger partial charge in [0, 0.05) is 30.3 Å². The molecule has 0 atom stereocenters. The van der Waals surface area contributed by atoms with Gasteiger partial charge in [-0.05, 0) is 42.5 Å². The van der Waals surface area contributed by atoms with Crippen molar-refractivity contribution in [3.8, 4) is 23.0 Å². The third kappa shape index (κ3) is 6.43. The molecule has 0 aliphatic heterocycles. The number of methoxy groups -OCH3 is 1. The van der Waals surface area contributed by atoms with E-state index >= 15 is 0 Å². The topological polar surface area (TPSA) is 99.9 Å². The number of nitrogens with one attached hydrogen (secondary N) is 1. The lowest BCUT2D eigenvalue weighted by Crippen LogP contribution is -2.26. The molecule has 0 saturated heterocycles. The van der Waals surface area contributed by atoms with Gasteiger partial charge in [0.1, 0.15) is 23.0 Å². The summed E-state index contributed by atoms with van der Waals surface area (Å²) < 4.78 is 16.3. The third-order valence-corrected chi connectivity index (χ3v) is 4.29. The SMILES string of the molecule is COCCNC(=O)c1ccc(Oc2cc(Oc3cccc(Cl)c3)cc([N+](=O)[O-])c2)cc1. The Kier molecular flexibility index (Phi) is 7.42. The molecule has 8 nitrogen and oxygen atoms in total. The maximum atomic E-state index is 12.0. The number of rotatable bonds is 9. The molecule has 3 aromatic carbocycles. The zero-order valence-electron chi connectivity index (χ0n) is 16.5. The predicted molar refractivity (Wildman–Crippen MR) is 115 cm³/mol. The van der Waals surface area contributed by atoms with Gasteiger partial charge in [-0.15, -0.1) is 0 Å². The highest BCUT2D eigenvalue weighted by Gasteiger charge is 2.13. The van der Waals surface area contributed by atoms with E-state index in [0.717, 1.165) is 0 Å². The molecule has 1 amide bonds. The Morgan fingerprint density at radius 2 is 1.65 bits per heavy atom. The van der Waals surface area contributed by atoms with Crippen LogP contribution in [0.5, 0.6) is 23.0 Å². The van der Waals surface area contributed by atoms with Crippen LogP contribution in [0.15, 0.2) is 66.7 Å². The van der Waals surface area contributed by atoms with E-state index in [1.807, 2.05) is 0 Å². The molecule has 31 heavy (non-hydrogen) atoms. The molecular formula is C22H19ClN2O6. The van der Waals surface area contributed by atoms with Gasteiger partial charge in [-0.1, -0.05) is 17.7 Å². The number of halogens is 1. The van der Waals surface area contributed by atoms with Gasteiger partial charge >= 0.3 is 0 Å². The number of nitrogens with zero attached hydrogens (tertiary/aromatic N) is 1. The van der Waals surface area contributed by atoms with Crippen LogP contribution < -0.4 is 14.8 Å². The normalized spacial score (nSPS) is 10.4. The molecule has 0 saturated carbocycles. The van der Waals surface area contributed by atoms with Crippen molar-refractivity contribution in [2.45, 2.75) is 0 Å². The summed E-state index contributed by atoms with van der Waals surface area (Å²) in [6, 6.07) is 17.2. The first-order valence-corrected chi connectivity index (χ1v) is 9.60. The molecule has 0 heterocycles. The Morgan fingerprint density at radius 3 is 2.26 bits per heavy atom. The van der Waals surface area contributed by atoms with Gasteiger partial charge in [-0.2, -0.15) is 0 Å². The van der Waals surface area contributed by atoms with E-state index in [1.54, 1.807) is 55.6 Å². The van der Waals surface area contributed by atoms with Gasteiger partial charge in [-0.3, -0.25) is 14.9 Å². The molecule has 0 unspecified atom stereocenters. The predicted octanol–water partition coefficient (Wildman–Crippen LogP) is 5.21. The van der Waals surface area contributed by atoms with Crippen LogP contribution >= 0.6 is 11.6 Å². The Bertz CT molecular complexity index is 1070. The Balaban J connectivity index is 1.76. The van der Waals surface area contributed by atoms with Gasteiger partial charge < -0.3 is 19.5 Å². The average Bonchev–Trinajstić information content (AvgIpc) is 2.74. The van der Waals surface area contributed by atoms with Crippen molar-refractivity contribution in [3.05, 3.63) is 87.4 Å². The van der Waals surface area contributed by atoms with E-state index in [4.69, 9.17) is 25.8 Å². The monoisotopic (exact) mass is 442 g/mol. The first-order valence-electron chi connectivity index (χ1n) is 9.22. The maximum absolute atomic E-state index is 12.0. The molecule has 0 fully saturated rings. The molecule has 0 aliphatic rings. The van der Waals surface area contributed by atoms with Crippen LogP contribution in [0.3, 0.4) is 0 Å². The van der Waals surface area contributed by atoms with E-state index in [2.05, 4.69) is 5.32 Å². The summed E-state index contributed by atoms with van der Waals surface area (Å²) in [5.41, 5.74) is 0.260. The lowest BCUT2D eigenvalue weighted by Gasteiger charge is -2.10. The number of amides is 1. The van der Waals surface area contributed by atoms with Crippen molar-refractivity contribution in [2.75, 3.05) is 20.3 Å². The summed E-state index contributed by atoms with van der Waals surface area (Å²) in [6.07, 6.45) is 0. The van der Waals surface area contributed by atoms with E-state index < -0.39 is 4.92 Å². The van der Waals surface area contributed by atoms with E-state index in [9.17, 15) is 14.9 Å². The van der Waals surface area contributed by atoms with Crippen molar-refractivity contribution >= 4 is 23.2 Å². The summed E-state index contributed by atoms with van der Waals surface area (Å²) in [6.45, 7) is 0.815. The summed E-state index contributed by atoms with van der Waals surface area (Å²) in [5.74, 6) is 1.03. The second-order valence-electron chi connectivity index (χ2n) is 6.35. The molecule has 1 N–H and O–H groups in total. The number of ether oxygens (including phenoxy) is 3. The molecule has 9 heteroatoms. The van der Waals surface area contributed by atoms with Crippen LogP contribution in [0, 0.1) is 10.1 Å². The first-order chi connectivity index (χ1) is 14.9. The zero-order valence-corrected chi connectivity index (χ0v) is 17.3. The molecular weight excluding hydrogens is 424 g/mol. The van der Waals surface area contributed by atoms with E-state index in [-0.39, 0.29) is 23.1 Å². The minimum absolute atomic E-state index is 0.191. The highest BCUT2D eigenvalue weighted by molar-refractivity contribution is 6.30. The average molecular weight is 443 g/mol. The fourth-order valence-electron chi connectivity index (χ4n) is 2.63. The number of nitro groups is 1. The summed E-state index contributed by atoms with van der Waals surface area (Å²) in [5, 5.41) is 14.5. The molecule has 3 rings (SSSR count). The Morgan fingerprint density at radius 1 is 0.968 bits per heavy atom. The number of carbonyl (C=O) groups is 1. The lowest BCUT2D eigenvalue weighted by molar-refractivity contribution is -0.385. The number of nitro benzene ring substituents is 1. The summed E-state index contributed by atoms with van der Waals surface area (Å²) in [7, 11) is 1.55. The maximum Gasteiger partial charge on any atom is 0.276 e. The van der Waals surface area contributed by atoms with Crippen LogP contribution in [-0.2, 0) is 4.74 Å². The number of benzene rings is 3. The summed E-state index contributed by atoms with van der Waals surface area (Å²) in [4.78, 5) is 22.8. The zero-order chi connectivity index (χ0) is 22.2. The standard InChI is InChI=1S/C22H19ClN2O6/c1-29-10-9-24-22(26)15-5-7-18(8-6-15)30-20-12-17(25(27)28)13-21(14-20)31-19-4-2-3-16(23)11-19/h2-8,11-14H,9-10H2,1H3,(H,24,26). The molecule has 0 aliphatic carbocycles. The Hall–Kier alpha value is -3.62. The number of non-ortho nitro benzene ring substituents is 1. The molecule has 0 aromatic heterocycles. The molecule has 0 bridgehead atoms. The smallest absolute Gasteiger partial charge is 0.276 e. The van der Waals surface area contributed by atoms with Gasteiger partial charge in [0.25, 0.3) is 11.6 Å². The number of carbonyl (C=O) groups excluding carboxylic acids is 1. The van der Waals surface area contributed by atoms with Gasteiger partial charge in [0.05, 0.1) is 23.7 Å². The van der Waals surface area contributed by atoms with Crippen LogP contribution in [0.2, 0.25) is 5.02 Å². The quantitative estimate of drug-likeness (QED) is 0.277. The first kappa shape index (κ1) is 22.1. The molecule has 0 spiro atoms. The highest BCUT2D eigenvalue weighted by Crippen LogP contribution is 2.33. The van der Waals surface area contributed by atoms with Crippen molar-refractivity contribution in [1.82, 2.24) is 5.32 Å².